The van der Waals surface area contributed by atoms with E-state index in [2.05, 4.69) is 12.2 Å². The van der Waals surface area contributed by atoms with Crippen LogP contribution in [0.3, 0.4) is 0 Å². The predicted molar refractivity (Wildman–Crippen MR) is 81.0 cm³/mol. The van der Waals surface area contributed by atoms with Crippen LogP contribution in [0, 0.1) is 5.92 Å². The van der Waals surface area contributed by atoms with Gasteiger partial charge in [-0.2, -0.15) is 0 Å². The number of halogens is 2. The van der Waals surface area contributed by atoms with Crippen LogP contribution in [0.2, 0.25) is 10.0 Å². The van der Waals surface area contributed by atoms with Crippen LogP contribution in [0.4, 0.5) is 0 Å². The first-order valence-corrected chi connectivity index (χ1v) is 7.69. The topological polar surface area (TPSA) is 21.3 Å². The largest absolute Gasteiger partial charge is 0.381 e. The molecule has 2 nitrogen and oxygen atoms in total. The van der Waals surface area contributed by atoms with E-state index in [0.717, 1.165) is 37.7 Å². The molecule has 19 heavy (non-hydrogen) atoms. The molecule has 1 atom stereocenters. The molecule has 1 saturated carbocycles. The maximum atomic E-state index is 6.20. The van der Waals surface area contributed by atoms with Gasteiger partial charge in [0.25, 0.3) is 0 Å². The summed E-state index contributed by atoms with van der Waals surface area (Å²) in [5, 5.41) is 4.71. The molecule has 1 N–H and O–H groups in total. The van der Waals surface area contributed by atoms with E-state index in [-0.39, 0.29) is 6.04 Å². The lowest BCUT2D eigenvalue weighted by Crippen LogP contribution is -2.21. The van der Waals surface area contributed by atoms with Crippen molar-refractivity contribution < 1.29 is 4.74 Å². The minimum Gasteiger partial charge on any atom is -0.381 e. The summed E-state index contributed by atoms with van der Waals surface area (Å²) in [5.41, 5.74) is 1.05. The van der Waals surface area contributed by atoms with Crippen LogP contribution < -0.4 is 5.32 Å². The normalized spacial score (nSPS) is 16.6. The Morgan fingerprint density at radius 3 is 2.89 bits per heavy atom. The van der Waals surface area contributed by atoms with E-state index >= 15 is 0 Å². The van der Waals surface area contributed by atoms with Crippen LogP contribution in [0.5, 0.6) is 0 Å². The summed E-state index contributed by atoms with van der Waals surface area (Å²) in [6, 6.07) is 5.96. The van der Waals surface area contributed by atoms with Gasteiger partial charge < -0.3 is 10.1 Å². The molecule has 0 saturated heterocycles. The summed E-state index contributed by atoms with van der Waals surface area (Å²) in [4.78, 5) is 0. The second-order valence-corrected chi connectivity index (χ2v) is 5.98. The van der Waals surface area contributed by atoms with E-state index in [0.29, 0.717) is 10.0 Å². The maximum absolute atomic E-state index is 6.20. The fraction of sp³-hybridized carbons (Fsp3) is 0.600. The second kappa shape index (κ2) is 7.49. The molecular formula is C15H21Cl2NO. The molecule has 0 aromatic heterocycles. The lowest BCUT2D eigenvalue weighted by molar-refractivity contribution is 0.121. The molecule has 4 heteroatoms. The highest BCUT2D eigenvalue weighted by molar-refractivity contribution is 6.42. The number of benzene rings is 1. The van der Waals surface area contributed by atoms with Crippen LogP contribution in [0.1, 0.15) is 37.8 Å². The standard InChI is InChI=1S/C15H21Cl2NO/c1-11(13-4-2-5-14(16)15(13)17)18-8-3-9-19-10-12-6-7-12/h2,4-5,11-12,18H,3,6-10H2,1H3. The molecule has 1 aromatic rings. The Morgan fingerprint density at radius 1 is 1.37 bits per heavy atom. The number of nitrogens with one attached hydrogen (secondary N) is 1. The molecule has 2 rings (SSSR count). The van der Waals surface area contributed by atoms with E-state index in [1.165, 1.54) is 12.8 Å². The Labute approximate surface area is 125 Å². The van der Waals surface area contributed by atoms with Crippen LogP contribution in [0.25, 0.3) is 0 Å². The van der Waals surface area contributed by atoms with Crippen LogP contribution in [-0.2, 0) is 4.74 Å². The van der Waals surface area contributed by atoms with Crippen molar-refractivity contribution in [1.29, 1.82) is 0 Å². The van der Waals surface area contributed by atoms with Gasteiger partial charge in [-0.05, 0) is 50.3 Å². The molecule has 1 aliphatic carbocycles. The molecule has 0 amide bonds. The Morgan fingerprint density at radius 2 is 2.16 bits per heavy atom. The first-order valence-electron chi connectivity index (χ1n) is 6.93. The van der Waals surface area contributed by atoms with Gasteiger partial charge in [-0.25, -0.2) is 0 Å². The van der Waals surface area contributed by atoms with Crippen molar-refractivity contribution in [3.63, 3.8) is 0 Å². The van der Waals surface area contributed by atoms with E-state index in [9.17, 15) is 0 Å². The van der Waals surface area contributed by atoms with Crippen molar-refractivity contribution >= 4 is 23.2 Å². The Kier molecular flexibility index (Phi) is 5.96. The zero-order valence-corrected chi connectivity index (χ0v) is 12.8. The number of hydrogen-bond acceptors (Lipinski definition) is 2. The van der Waals surface area contributed by atoms with Gasteiger partial charge >= 0.3 is 0 Å². The third-order valence-electron chi connectivity index (χ3n) is 3.41. The van der Waals surface area contributed by atoms with Gasteiger partial charge in [-0.3, -0.25) is 0 Å². The monoisotopic (exact) mass is 301 g/mol. The summed E-state index contributed by atoms with van der Waals surface area (Å²) in [5.74, 6) is 0.845. The molecule has 1 unspecified atom stereocenters. The Bertz CT molecular complexity index is 407. The maximum Gasteiger partial charge on any atom is 0.0639 e. The highest BCUT2D eigenvalue weighted by atomic mass is 35.5. The van der Waals surface area contributed by atoms with Crippen molar-refractivity contribution in [1.82, 2.24) is 5.32 Å². The Hall–Kier alpha value is -0.280. The minimum absolute atomic E-state index is 0.203. The van der Waals surface area contributed by atoms with Gasteiger partial charge in [-0.15, -0.1) is 0 Å². The van der Waals surface area contributed by atoms with Crippen molar-refractivity contribution in [2.24, 2.45) is 5.92 Å². The smallest absolute Gasteiger partial charge is 0.0639 e. The highest BCUT2D eigenvalue weighted by Gasteiger charge is 2.20. The molecule has 0 spiro atoms. The molecule has 106 valence electrons. The molecule has 1 aromatic carbocycles. The first-order chi connectivity index (χ1) is 9.18. The highest BCUT2D eigenvalue weighted by Crippen LogP contribution is 2.30. The number of rotatable bonds is 8. The molecule has 1 fully saturated rings. The quantitative estimate of drug-likeness (QED) is 0.716. The number of ether oxygens (including phenoxy) is 1. The molecule has 0 radical (unpaired) electrons. The van der Waals surface area contributed by atoms with Gasteiger partial charge in [0, 0.05) is 19.3 Å². The molecular weight excluding hydrogens is 281 g/mol. The summed E-state index contributed by atoms with van der Waals surface area (Å²) in [6.45, 7) is 4.80. The zero-order valence-electron chi connectivity index (χ0n) is 11.3. The zero-order chi connectivity index (χ0) is 13.7. The van der Waals surface area contributed by atoms with Crippen LogP contribution >= 0.6 is 23.2 Å². The fourth-order valence-corrected chi connectivity index (χ4v) is 2.46. The van der Waals surface area contributed by atoms with Crippen molar-refractivity contribution in [3.8, 4) is 0 Å². The Balaban J connectivity index is 1.65. The number of hydrogen-bond donors (Lipinski definition) is 1. The third-order valence-corrected chi connectivity index (χ3v) is 4.25. The van der Waals surface area contributed by atoms with Crippen molar-refractivity contribution in [3.05, 3.63) is 33.8 Å². The molecule has 0 bridgehead atoms. The molecule has 1 aliphatic rings. The van der Waals surface area contributed by atoms with Gasteiger partial charge in [0.05, 0.1) is 10.0 Å². The van der Waals surface area contributed by atoms with Crippen molar-refractivity contribution in [2.75, 3.05) is 19.8 Å². The van der Waals surface area contributed by atoms with Gasteiger partial charge in [-0.1, -0.05) is 35.3 Å². The van der Waals surface area contributed by atoms with E-state index in [1.807, 2.05) is 18.2 Å². The fourth-order valence-electron chi connectivity index (χ4n) is 1.99. The SMILES string of the molecule is CC(NCCCOCC1CC1)c1cccc(Cl)c1Cl. The summed E-state index contributed by atoms with van der Waals surface area (Å²) in [6.07, 6.45) is 3.72. The predicted octanol–water partition coefficient (Wildman–Crippen LogP) is 4.46. The molecule has 0 heterocycles. The van der Waals surface area contributed by atoms with Gasteiger partial charge in [0.1, 0.15) is 0 Å². The van der Waals surface area contributed by atoms with Crippen LogP contribution in [-0.4, -0.2) is 19.8 Å². The molecule has 0 aliphatic heterocycles. The summed E-state index contributed by atoms with van der Waals surface area (Å²) >= 11 is 12.2. The van der Waals surface area contributed by atoms with Crippen molar-refractivity contribution in [2.45, 2.75) is 32.2 Å². The summed E-state index contributed by atoms with van der Waals surface area (Å²) in [7, 11) is 0. The minimum atomic E-state index is 0.203. The lowest BCUT2D eigenvalue weighted by Gasteiger charge is -2.16. The average molecular weight is 302 g/mol. The first kappa shape index (κ1) is 15.1. The van der Waals surface area contributed by atoms with E-state index in [1.54, 1.807) is 0 Å². The van der Waals surface area contributed by atoms with E-state index in [4.69, 9.17) is 27.9 Å². The van der Waals surface area contributed by atoms with Gasteiger partial charge in [0.2, 0.25) is 0 Å². The van der Waals surface area contributed by atoms with Gasteiger partial charge in [0.15, 0.2) is 0 Å². The third kappa shape index (κ3) is 4.96. The second-order valence-electron chi connectivity index (χ2n) is 5.19. The van der Waals surface area contributed by atoms with E-state index < -0.39 is 0 Å². The average Bonchev–Trinajstić information content (AvgIpc) is 3.20. The van der Waals surface area contributed by atoms with Crippen LogP contribution in [0.15, 0.2) is 18.2 Å². The lowest BCUT2D eigenvalue weighted by atomic mass is 10.1. The summed E-state index contributed by atoms with van der Waals surface area (Å²) < 4.78 is 5.60.